The van der Waals surface area contributed by atoms with Crippen LogP contribution in [0.25, 0.3) is 0 Å². The van der Waals surface area contributed by atoms with Crippen molar-refractivity contribution in [3.05, 3.63) is 75.0 Å². The number of nitrogens with zero attached hydrogens (tertiary/aromatic N) is 1. The molecule has 0 aliphatic carbocycles. The minimum Gasteiger partial charge on any atom is -0.493 e. The van der Waals surface area contributed by atoms with Crippen LogP contribution in [0.5, 0.6) is 11.5 Å². The number of carbonyl (C=O) groups is 3. The van der Waals surface area contributed by atoms with Crippen molar-refractivity contribution in [2.24, 2.45) is 0 Å². The highest BCUT2D eigenvalue weighted by Gasteiger charge is 2.33. The molecule has 0 fully saturated rings. The lowest BCUT2D eigenvalue weighted by Crippen LogP contribution is -2.45. The topological polar surface area (TPSA) is 146 Å². The highest BCUT2D eigenvalue weighted by atomic mass is 16.6. The summed E-state index contributed by atoms with van der Waals surface area (Å²) in [7, 11) is 2.60. The predicted octanol–water partition coefficient (Wildman–Crippen LogP) is 3.01. The Hall–Kier alpha value is -4.41. The van der Waals surface area contributed by atoms with E-state index < -0.39 is 28.9 Å². The molecule has 1 aliphatic rings. The fraction of sp³-hybridized carbons (Fsp3) is 0.227. The molecule has 1 atom stereocenters. The largest absolute Gasteiger partial charge is 0.493 e. The number of urea groups is 1. The standard InChI is InChI=1S/C22H21N3O8/c1-4-15-18(21(27)32-3)19(24-22(28)23-15)12-8-9-16(17(11-12)31-2)33-20(26)13-6-5-7-14(10-13)25(29)30/h5-11,19H,4H2,1-3H3,(H2,23,24,28). The van der Waals surface area contributed by atoms with Crippen molar-refractivity contribution in [1.82, 2.24) is 10.6 Å². The molecule has 172 valence electrons. The van der Waals surface area contributed by atoms with Gasteiger partial charge in [0.25, 0.3) is 5.69 Å². The molecule has 2 aromatic rings. The Bertz CT molecular complexity index is 1160. The van der Waals surface area contributed by atoms with Gasteiger partial charge in [-0.3, -0.25) is 10.1 Å². The van der Waals surface area contributed by atoms with Crippen LogP contribution in [-0.2, 0) is 9.53 Å². The van der Waals surface area contributed by atoms with Crippen molar-refractivity contribution in [3.8, 4) is 11.5 Å². The first-order valence-corrected chi connectivity index (χ1v) is 9.82. The van der Waals surface area contributed by atoms with Gasteiger partial charge in [0.05, 0.1) is 36.3 Å². The highest BCUT2D eigenvalue weighted by molar-refractivity contribution is 5.95. The highest BCUT2D eigenvalue weighted by Crippen LogP contribution is 2.35. The number of nitro groups is 1. The second kappa shape index (κ2) is 9.81. The Kier molecular flexibility index (Phi) is 6.91. The maximum atomic E-state index is 12.5. The summed E-state index contributed by atoms with van der Waals surface area (Å²) in [6.45, 7) is 1.79. The summed E-state index contributed by atoms with van der Waals surface area (Å²) in [6.07, 6.45) is 0.393. The molecule has 0 saturated heterocycles. The average molecular weight is 455 g/mol. The number of benzene rings is 2. The lowest BCUT2D eigenvalue weighted by atomic mass is 9.94. The number of hydrogen-bond acceptors (Lipinski definition) is 8. The number of hydrogen-bond donors (Lipinski definition) is 2. The van der Waals surface area contributed by atoms with Gasteiger partial charge >= 0.3 is 18.0 Å². The van der Waals surface area contributed by atoms with Gasteiger partial charge in [-0.1, -0.05) is 19.1 Å². The Morgan fingerprint density at radius 1 is 1.09 bits per heavy atom. The van der Waals surface area contributed by atoms with E-state index in [9.17, 15) is 24.5 Å². The zero-order valence-electron chi connectivity index (χ0n) is 18.0. The molecule has 1 heterocycles. The number of rotatable bonds is 7. The van der Waals surface area contributed by atoms with Gasteiger partial charge in [0, 0.05) is 17.8 Å². The van der Waals surface area contributed by atoms with E-state index in [-0.39, 0.29) is 28.3 Å². The zero-order valence-corrected chi connectivity index (χ0v) is 18.0. The molecule has 0 saturated carbocycles. The molecular weight excluding hydrogens is 434 g/mol. The molecule has 3 rings (SSSR count). The number of non-ortho nitro benzene ring substituents is 1. The number of ether oxygens (including phenoxy) is 3. The first-order valence-electron chi connectivity index (χ1n) is 9.82. The molecule has 11 heteroatoms. The van der Waals surface area contributed by atoms with Crippen molar-refractivity contribution >= 4 is 23.7 Å². The van der Waals surface area contributed by atoms with Crippen LogP contribution in [0.4, 0.5) is 10.5 Å². The molecular formula is C22H21N3O8. The molecule has 2 N–H and O–H groups in total. The third-order valence-corrected chi connectivity index (χ3v) is 4.93. The number of nitrogens with one attached hydrogen (secondary N) is 2. The molecule has 33 heavy (non-hydrogen) atoms. The third kappa shape index (κ3) is 4.92. The van der Waals surface area contributed by atoms with E-state index in [0.29, 0.717) is 17.7 Å². The molecule has 0 aromatic heterocycles. The number of carbonyl (C=O) groups excluding carboxylic acids is 3. The van der Waals surface area contributed by atoms with Gasteiger partial charge in [0.2, 0.25) is 0 Å². The number of amides is 2. The van der Waals surface area contributed by atoms with Gasteiger partial charge in [0.15, 0.2) is 11.5 Å². The van der Waals surface area contributed by atoms with Crippen molar-refractivity contribution < 1.29 is 33.5 Å². The van der Waals surface area contributed by atoms with E-state index in [1.54, 1.807) is 13.0 Å². The summed E-state index contributed by atoms with van der Waals surface area (Å²) in [5.41, 5.74) is 0.897. The summed E-state index contributed by atoms with van der Waals surface area (Å²) in [5.74, 6) is -1.22. The van der Waals surface area contributed by atoms with Gasteiger partial charge in [-0.05, 0) is 30.2 Å². The smallest absolute Gasteiger partial charge is 0.343 e. The van der Waals surface area contributed by atoms with Crippen molar-refractivity contribution in [2.45, 2.75) is 19.4 Å². The summed E-state index contributed by atoms with van der Waals surface area (Å²) in [5, 5.41) is 16.2. The minimum absolute atomic E-state index is 0.00977. The second-order valence-electron chi connectivity index (χ2n) is 6.88. The molecule has 1 aliphatic heterocycles. The van der Waals surface area contributed by atoms with Crippen LogP contribution >= 0.6 is 0 Å². The van der Waals surface area contributed by atoms with E-state index in [1.807, 2.05) is 0 Å². The quantitative estimate of drug-likeness (QED) is 0.280. The maximum absolute atomic E-state index is 12.5. The fourth-order valence-electron chi connectivity index (χ4n) is 3.35. The lowest BCUT2D eigenvalue weighted by Gasteiger charge is -2.29. The van der Waals surface area contributed by atoms with E-state index in [4.69, 9.17) is 14.2 Å². The van der Waals surface area contributed by atoms with Crippen molar-refractivity contribution in [2.75, 3.05) is 14.2 Å². The summed E-state index contributed by atoms with van der Waals surface area (Å²) < 4.78 is 15.6. The Labute approximate surface area is 188 Å². The average Bonchev–Trinajstić information content (AvgIpc) is 2.83. The van der Waals surface area contributed by atoms with E-state index >= 15 is 0 Å². The number of allylic oxidation sites excluding steroid dienone is 1. The lowest BCUT2D eigenvalue weighted by molar-refractivity contribution is -0.384. The van der Waals surface area contributed by atoms with Gasteiger partial charge in [-0.15, -0.1) is 0 Å². The molecule has 0 bridgehead atoms. The van der Waals surface area contributed by atoms with Crippen LogP contribution < -0.4 is 20.1 Å². The Morgan fingerprint density at radius 3 is 2.48 bits per heavy atom. The maximum Gasteiger partial charge on any atom is 0.343 e. The van der Waals surface area contributed by atoms with Crippen LogP contribution in [-0.4, -0.2) is 37.1 Å². The summed E-state index contributed by atoms with van der Waals surface area (Å²) >= 11 is 0. The van der Waals surface area contributed by atoms with Crippen LogP contribution in [0.3, 0.4) is 0 Å². The van der Waals surface area contributed by atoms with Crippen molar-refractivity contribution in [1.29, 1.82) is 0 Å². The van der Waals surface area contributed by atoms with Crippen LogP contribution in [0, 0.1) is 10.1 Å². The van der Waals surface area contributed by atoms with Crippen molar-refractivity contribution in [3.63, 3.8) is 0 Å². The second-order valence-corrected chi connectivity index (χ2v) is 6.88. The van der Waals surface area contributed by atoms with Gasteiger partial charge in [-0.25, -0.2) is 14.4 Å². The summed E-state index contributed by atoms with van der Waals surface area (Å²) in [6, 6.07) is 8.35. The van der Waals surface area contributed by atoms with Gasteiger partial charge < -0.3 is 24.8 Å². The SMILES string of the molecule is CCC1=C(C(=O)OC)C(c2ccc(OC(=O)c3cccc([N+](=O)[O-])c3)c(OC)c2)NC(=O)N1. The fourth-order valence-corrected chi connectivity index (χ4v) is 3.35. The zero-order chi connectivity index (χ0) is 24.1. The minimum atomic E-state index is -0.823. The first-order chi connectivity index (χ1) is 15.8. The Morgan fingerprint density at radius 2 is 1.85 bits per heavy atom. The predicted molar refractivity (Wildman–Crippen MR) is 115 cm³/mol. The molecule has 2 amide bonds. The van der Waals surface area contributed by atoms with Gasteiger partial charge in [-0.2, -0.15) is 0 Å². The first kappa shape index (κ1) is 23.3. The monoisotopic (exact) mass is 455 g/mol. The van der Waals surface area contributed by atoms with Crippen LogP contribution in [0.2, 0.25) is 0 Å². The van der Waals surface area contributed by atoms with E-state index in [2.05, 4.69) is 10.6 Å². The normalized spacial score (nSPS) is 15.2. The third-order valence-electron chi connectivity index (χ3n) is 4.93. The number of esters is 2. The van der Waals surface area contributed by atoms with Gasteiger partial charge in [0.1, 0.15) is 0 Å². The molecule has 1 unspecified atom stereocenters. The molecule has 0 spiro atoms. The molecule has 0 radical (unpaired) electrons. The Balaban J connectivity index is 1.94. The van der Waals surface area contributed by atoms with Crippen LogP contribution in [0.15, 0.2) is 53.7 Å². The van der Waals surface area contributed by atoms with E-state index in [0.717, 1.165) is 6.07 Å². The summed E-state index contributed by atoms with van der Waals surface area (Å²) in [4.78, 5) is 47.4. The van der Waals surface area contributed by atoms with E-state index in [1.165, 1.54) is 44.6 Å². The van der Waals surface area contributed by atoms with Crippen LogP contribution in [0.1, 0.15) is 35.3 Å². The number of nitro benzene ring substituents is 1. The number of methoxy groups -OCH3 is 2. The molecule has 11 nitrogen and oxygen atoms in total. The molecule has 2 aromatic carbocycles.